The summed E-state index contributed by atoms with van der Waals surface area (Å²) in [6, 6.07) is 8.19. The summed E-state index contributed by atoms with van der Waals surface area (Å²) >= 11 is 6.20. The third-order valence-corrected chi connectivity index (χ3v) is 6.10. The first-order chi connectivity index (χ1) is 11.5. The van der Waals surface area contributed by atoms with E-state index in [-0.39, 0.29) is 10.8 Å². The molecule has 0 fully saturated rings. The van der Waals surface area contributed by atoms with Gasteiger partial charge in [-0.1, -0.05) is 17.7 Å². The smallest absolute Gasteiger partial charge is 0.261 e. The van der Waals surface area contributed by atoms with Crippen LogP contribution in [0.1, 0.15) is 30.5 Å². The van der Waals surface area contributed by atoms with Crippen LogP contribution < -0.4 is 10.0 Å². The maximum absolute atomic E-state index is 12.8. The molecule has 0 saturated carbocycles. The number of benzene rings is 2. The largest absolute Gasteiger partial charge is 0.325 e. The van der Waals surface area contributed by atoms with Crippen LogP contribution in [0.25, 0.3) is 0 Å². The summed E-state index contributed by atoms with van der Waals surface area (Å²) in [4.78, 5) is 12.1. The van der Waals surface area contributed by atoms with Crippen LogP contribution in [0.3, 0.4) is 0 Å². The molecule has 0 aromatic heterocycles. The molecule has 1 aliphatic heterocycles. The summed E-state index contributed by atoms with van der Waals surface area (Å²) in [5.41, 5.74) is 2.58. The number of hydrogen-bond acceptors (Lipinski definition) is 3. The van der Waals surface area contributed by atoms with Crippen LogP contribution in [-0.2, 0) is 20.2 Å². The van der Waals surface area contributed by atoms with Crippen LogP contribution >= 0.6 is 11.6 Å². The van der Waals surface area contributed by atoms with Crippen molar-refractivity contribution in [1.29, 1.82) is 0 Å². The van der Waals surface area contributed by atoms with Gasteiger partial charge < -0.3 is 5.32 Å². The Morgan fingerprint density at radius 1 is 1.12 bits per heavy atom. The molecule has 0 unspecified atom stereocenters. The number of hydrogen-bond donors (Lipinski definition) is 2. The van der Waals surface area contributed by atoms with Crippen molar-refractivity contribution in [3.63, 3.8) is 0 Å². The van der Waals surface area contributed by atoms with Crippen LogP contribution in [0.2, 0.25) is 5.02 Å². The van der Waals surface area contributed by atoms with Gasteiger partial charge in [0, 0.05) is 5.69 Å². The molecule has 2 N–H and O–H groups in total. The summed E-state index contributed by atoms with van der Waals surface area (Å²) < 4.78 is 28.2. The van der Waals surface area contributed by atoms with Gasteiger partial charge in [0.2, 0.25) is 5.91 Å². The highest BCUT2D eigenvalue weighted by Crippen LogP contribution is 2.39. The Bertz CT molecular complexity index is 974. The van der Waals surface area contributed by atoms with Gasteiger partial charge >= 0.3 is 0 Å². The molecule has 0 atom stereocenters. The minimum atomic E-state index is -3.83. The molecular weight excluding hydrogens is 360 g/mol. The molecule has 132 valence electrons. The van der Waals surface area contributed by atoms with E-state index in [9.17, 15) is 13.2 Å². The maximum Gasteiger partial charge on any atom is 0.261 e. The van der Waals surface area contributed by atoms with Gasteiger partial charge in [-0.2, -0.15) is 0 Å². The number of amides is 1. The molecule has 0 bridgehead atoms. The number of fused-ring (bicyclic) bond motifs is 1. The molecule has 5 nitrogen and oxygen atoms in total. The average molecular weight is 379 g/mol. The highest BCUT2D eigenvalue weighted by molar-refractivity contribution is 7.92. The number of aryl methyl sites for hydroxylation is 2. The minimum Gasteiger partial charge on any atom is -0.325 e. The lowest BCUT2D eigenvalue weighted by molar-refractivity contribution is -0.119. The van der Waals surface area contributed by atoms with Gasteiger partial charge in [-0.15, -0.1) is 0 Å². The van der Waals surface area contributed by atoms with Crippen LogP contribution in [0, 0.1) is 13.8 Å². The Balaban J connectivity index is 2.03. The predicted octanol–water partition coefficient (Wildman–Crippen LogP) is 3.99. The third kappa shape index (κ3) is 3.00. The standard InChI is InChI=1S/C18H19ClN2O3S/c1-10-7-11(2)16(14(19)8-10)21-25(23,24)12-5-6-15-13(9-12)18(3,4)17(22)20-15/h5-9,21H,1-4H3,(H,20,22). The fraction of sp³-hybridized carbons (Fsp3) is 0.278. The second-order valence-corrected chi connectivity index (χ2v) is 8.92. The topological polar surface area (TPSA) is 75.3 Å². The zero-order chi connectivity index (χ0) is 18.6. The highest BCUT2D eigenvalue weighted by atomic mass is 35.5. The molecule has 1 aliphatic rings. The van der Waals surface area contributed by atoms with E-state index in [0.29, 0.717) is 22.0 Å². The van der Waals surface area contributed by atoms with Crippen molar-refractivity contribution >= 4 is 38.9 Å². The number of carbonyl (C=O) groups excluding carboxylic acids is 1. The number of rotatable bonds is 3. The van der Waals surface area contributed by atoms with Gasteiger partial charge in [0.05, 0.1) is 21.0 Å². The van der Waals surface area contributed by atoms with E-state index in [1.54, 1.807) is 32.9 Å². The lowest BCUT2D eigenvalue weighted by Gasteiger charge is -2.17. The zero-order valence-electron chi connectivity index (χ0n) is 14.4. The SMILES string of the molecule is Cc1cc(C)c(NS(=O)(=O)c2ccc3c(c2)C(C)(C)C(=O)N3)c(Cl)c1. The van der Waals surface area contributed by atoms with Gasteiger partial charge in [0.1, 0.15) is 0 Å². The van der Waals surface area contributed by atoms with Crippen LogP contribution in [-0.4, -0.2) is 14.3 Å². The Morgan fingerprint density at radius 2 is 1.80 bits per heavy atom. The molecule has 2 aromatic rings. The number of sulfonamides is 1. The summed E-state index contributed by atoms with van der Waals surface area (Å²) in [6.45, 7) is 7.22. The van der Waals surface area contributed by atoms with Gasteiger partial charge in [-0.05, 0) is 68.7 Å². The third-order valence-electron chi connectivity index (χ3n) is 4.46. The molecule has 0 spiro atoms. The normalized spacial score (nSPS) is 15.6. The van der Waals surface area contributed by atoms with E-state index in [1.165, 1.54) is 12.1 Å². The lowest BCUT2D eigenvalue weighted by atomic mass is 9.86. The van der Waals surface area contributed by atoms with Crippen molar-refractivity contribution < 1.29 is 13.2 Å². The molecule has 1 amide bonds. The first-order valence-electron chi connectivity index (χ1n) is 7.78. The van der Waals surface area contributed by atoms with E-state index in [0.717, 1.165) is 11.1 Å². The van der Waals surface area contributed by atoms with Crippen molar-refractivity contribution in [1.82, 2.24) is 0 Å². The number of halogens is 1. The Kier molecular flexibility index (Phi) is 4.08. The number of anilines is 2. The Hall–Kier alpha value is -2.05. The highest BCUT2D eigenvalue weighted by Gasteiger charge is 2.39. The predicted molar refractivity (Wildman–Crippen MR) is 99.8 cm³/mol. The minimum absolute atomic E-state index is 0.0897. The molecule has 7 heteroatoms. The van der Waals surface area contributed by atoms with Crippen molar-refractivity contribution in [3.05, 3.63) is 52.0 Å². The Morgan fingerprint density at radius 3 is 2.44 bits per heavy atom. The fourth-order valence-electron chi connectivity index (χ4n) is 2.96. The van der Waals surface area contributed by atoms with Crippen LogP contribution in [0.15, 0.2) is 35.2 Å². The van der Waals surface area contributed by atoms with E-state index >= 15 is 0 Å². The molecule has 25 heavy (non-hydrogen) atoms. The van der Waals surface area contributed by atoms with Gasteiger partial charge in [0.15, 0.2) is 0 Å². The quantitative estimate of drug-likeness (QED) is 0.847. The summed E-state index contributed by atoms with van der Waals surface area (Å²) in [7, 11) is -3.83. The molecule has 1 heterocycles. The van der Waals surface area contributed by atoms with Crippen molar-refractivity contribution in [2.75, 3.05) is 10.0 Å². The average Bonchev–Trinajstić information content (AvgIpc) is 2.73. The summed E-state index contributed by atoms with van der Waals surface area (Å²) in [5, 5.41) is 3.11. The van der Waals surface area contributed by atoms with E-state index in [2.05, 4.69) is 10.0 Å². The van der Waals surface area contributed by atoms with Crippen LogP contribution in [0.5, 0.6) is 0 Å². The molecule has 0 aliphatic carbocycles. The van der Waals surface area contributed by atoms with Gasteiger partial charge in [-0.3, -0.25) is 9.52 Å². The Labute approximate surface area is 152 Å². The van der Waals surface area contributed by atoms with E-state index in [4.69, 9.17) is 11.6 Å². The van der Waals surface area contributed by atoms with Crippen molar-refractivity contribution in [3.8, 4) is 0 Å². The number of carbonyl (C=O) groups is 1. The molecule has 0 saturated heterocycles. The lowest BCUT2D eigenvalue weighted by Crippen LogP contribution is -2.27. The second kappa shape index (κ2) is 5.75. The fourth-order valence-corrected chi connectivity index (χ4v) is 4.56. The molecule has 0 radical (unpaired) electrons. The van der Waals surface area contributed by atoms with Gasteiger partial charge in [-0.25, -0.2) is 8.42 Å². The summed E-state index contributed by atoms with van der Waals surface area (Å²) in [5.74, 6) is -0.151. The first-order valence-corrected chi connectivity index (χ1v) is 9.64. The van der Waals surface area contributed by atoms with Crippen molar-refractivity contribution in [2.45, 2.75) is 38.0 Å². The maximum atomic E-state index is 12.8. The zero-order valence-corrected chi connectivity index (χ0v) is 16.0. The first kappa shape index (κ1) is 17.8. The van der Waals surface area contributed by atoms with Gasteiger partial charge in [0.25, 0.3) is 10.0 Å². The van der Waals surface area contributed by atoms with Crippen molar-refractivity contribution in [2.24, 2.45) is 0 Å². The second-order valence-electron chi connectivity index (χ2n) is 6.83. The molecule has 3 rings (SSSR count). The monoisotopic (exact) mass is 378 g/mol. The van der Waals surface area contributed by atoms with E-state index < -0.39 is 15.4 Å². The van der Waals surface area contributed by atoms with E-state index in [1.807, 2.05) is 13.0 Å². The van der Waals surface area contributed by atoms with Crippen LogP contribution in [0.4, 0.5) is 11.4 Å². The molecular formula is C18H19ClN2O3S. The molecule has 2 aromatic carbocycles. The summed E-state index contributed by atoms with van der Waals surface area (Å²) in [6.07, 6.45) is 0. The number of nitrogens with one attached hydrogen (secondary N) is 2.